The minimum atomic E-state index is -0.481. The Morgan fingerprint density at radius 2 is 1.90 bits per heavy atom. The SMILES string of the molecule is CCCN(CC(=O)Nc1ccccc1OC)C(=O)C1CC(=O)N(c2ccccc2Br)C1. The van der Waals surface area contributed by atoms with Gasteiger partial charge in [0, 0.05) is 24.0 Å². The average molecular weight is 488 g/mol. The van der Waals surface area contributed by atoms with Gasteiger partial charge < -0.3 is 19.9 Å². The van der Waals surface area contributed by atoms with Crippen LogP contribution in [0.5, 0.6) is 5.75 Å². The minimum absolute atomic E-state index is 0.0789. The van der Waals surface area contributed by atoms with E-state index in [1.807, 2.05) is 37.3 Å². The number of nitrogens with one attached hydrogen (secondary N) is 1. The van der Waals surface area contributed by atoms with E-state index in [9.17, 15) is 14.4 Å². The maximum atomic E-state index is 13.2. The Hall–Kier alpha value is -2.87. The van der Waals surface area contributed by atoms with Crippen LogP contribution in [-0.4, -0.2) is 49.4 Å². The van der Waals surface area contributed by atoms with E-state index in [-0.39, 0.29) is 30.7 Å². The third-order valence-electron chi connectivity index (χ3n) is 5.14. The third kappa shape index (κ3) is 5.44. The first kappa shape index (κ1) is 22.8. The van der Waals surface area contributed by atoms with Gasteiger partial charge in [0.1, 0.15) is 5.75 Å². The lowest BCUT2D eigenvalue weighted by Gasteiger charge is -2.25. The molecule has 3 amide bonds. The van der Waals surface area contributed by atoms with E-state index in [4.69, 9.17) is 4.74 Å². The summed E-state index contributed by atoms with van der Waals surface area (Å²) in [5.74, 6) is -0.515. The van der Waals surface area contributed by atoms with Crippen molar-refractivity contribution in [3.8, 4) is 5.75 Å². The normalized spacial score (nSPS) is 15.6. The number of hydrogen-bond acceptors (Lipinski definition) is 4. The van der Waals surface area contributed by atoms with Crippen molar-refractivity contribution in [2.75, 3.05) is 37.0 Å². The first-order chi connectivity index (χ1) is 14.9. The number of benzene rings is 2. The van der Waals surface area contributed by atoms with Crippen LogP contribution in [0.25, 0.3) is 0 Å². The number of halogens is 1. The molecule has 1 N–H and O–H groups in total. The Bertz CT molecular complexity index is 965. The summed E-state index contributed by atoms with van der Waals surface area (Å²) in [5.41, 5.74) is 1.30. The maximum absolute atomic E-state index is 13.2. The molecule has 7 nitrogen and oxygen atoms in total. The molecule has 3 rings (SSSR count). The van der Waals surface area contributed by atoms with Gasteiger partial charge in [-0.15, -0.1) is 0 Å². The summed E-state index contributed by atoms with van der Waals surface area (Å²) in [4.78, 5) is 41.6. The largest absolute Gasteiger partial charge is 0.495 e. The second kappa shape index (κ2) is 10.4. The summed E-state index contributed by atoms with van der Waals surface area (Å²) >= 11 is 3.47. The molecule has 0 saturated carbocycles. The topological polar surface area (TPSA) is 79.0 Å². The molecule has 2 aromatic carbocycles. The number of amides is 3. The molecule has 0 spiro atoms. The van der Waals surface area contributed by atoms with Crippen molar-refractivity contribution >= 4 is 45.0 Å². The quantitative estimate of drug-likeness (QED) is 0.615. The molecule has 1 unspecified atom stereocenters. The number of anilines is 2. The Labute approximate surface area is 190 Å². The molecule has 2 aromatic rings. The first-order valence-electron chi connectivity index (χ1n) is 10.2. The molecule has 1 heterocycles. The number of methoxy groups -OCH3 is 1. The minimum Gasteiger partial charge on any atom is -0.495 e. The molecule has 1 aliphatic rings. The molecular formula is C23H26BrN3O4. The number of para-hydroxylation sites is 3. The zero-order valence-electron chi connectivity index (χ0n) is 17.6. The average Bonchev–Trinajstić information content (AvgIpc) is 3.15. The first-order valence-corrected chi connectivity index (χ1v) is 11.0. The molecule has 0 bridgehead atoms. The van der Waals surface area contributed by atoms with Crippen LogP contribution in [0.4, 0.5) is 11.4 Å². The predicted octanol–water partition coefficient (Wildman–Crippen LogP) is 3.69. The van der Waals surface area contributed by atoms with Gasteiger partial charge >= 0.3 is 0 Å². The van der Waals surface area contributed by atoms with Crippen molar-refractivity contribution < 1.29 is 19.1 Å². The summed E-state index contributed by atoms with van der Waals surface area (Å²) < 4.78 is 6.06. The van der Waals surface area contributed by atoms with E-state index in [2.05, 4.69) is 21.2 Å². The van der Waals surface area contributed by atoms with Crippen LogP contribution in [0.2, 0.25) is 0 Å². The van der Waals surface area contributed by atoms with Crippen molar-refractivity contribution in [1.29, 1.82) is 0 Å². The van der Waals surface area contributed by atoms with E-state index >= 15 is 0 Å². The Kier molecular flexibility index (Phi) is 7.68. The Balaban J connectivity index is 1.68. The number of rotatable bonds is 8. The fraction of sp³-hybridized carbons (Fsp3) is 0.348. The number of hydrogen-bond donors (Lipinski definition) is 1. The number of ether oxygens (including phenoxy) is 1. The molecule has 1 saturated heterocycles. The standard InChI is InChI=1S/C23H26BrN3O4/c1-3-12-26(15-21(28)25-18-9-5-7-11-20(18)31-2)23(30)16-13-22(29)27(14-16)19-10-6-4-8-17(19)24/h4-11,16H,3,12-15H2,1-2H3,(H,25,28). The van der Waals surface area contributed by atoms with Crippen molar-refractivity contribution in [1.82, 2.24) is 4.90 Å². The van der Waals surface area contributed by atoms with E-state index in [0.29, 0.717) is 30.9 Å². The third-order valence-corrected chi connectivity index (χ3v) is 5.81. The number of carbonyl (C=O) groups is 3. The molecule has 31 heavy (non-hydrogen) atoms. The zero-order valence-corrected chi connectivity index (χ0v) is 19.2. The van der Waals surface area contributed by atoms with Crippen molar-refractivity contribution in [3.05, 3.63) is 53.0 Å². The highest BCUT2D eigenvalue weighted by Gasteiger charge is 2.38. The number of carbonyl (C=O) groups excluding carboxylic acids is 3. The molecule has 1 atom stereocenters. The second-order valence-corrected chi connectivity index (χ2v) is 8.22. The van der Waals surface area contributed by atoms with E-state index in [1.54, 1.807) is 23.1 Å². The van der Waals surface area contributed by atoms with Crippen molar-refractivity contribution in [2.45, 2.75) is 19.8 Å². The zero-order chi connectivity index (χ0) is 22.4. The molecule has 1 fully saturated rings. The van der Waals surface area contributed by atoms with E-state index in [0.717, 1.165) is 10.2 Å². The van der Waals surface area contributed by atoms with Crippen LogP contribution in [0.3, 0.4) is 0 Å². The Morgan fingerprint density at radius 3 is 2.61 bits per heavy atom. The molecule has 1 aliphatic heterocycles. The number of nitrogens with zero attached hydrogens (tertiary/aromatic N) is 2. The van der Waals surface area contributed by atoms with Gasteiger partial charge in [-0.1, -0.05) is 31.2 Å². The van der Waals surface area contributed by atoms with Crippen LogP contribution in [0.15, 0.2) is 53.0 Å². The van der Waals surface area contributed by atoms with Crippen molar-refractivity contribution in [3.63, 3.8) is 0 Å². The van der Waals surface area contributed by atoms with Gasteiger partial charge in [-0.25, -0.2) is 0 Å². The predicted molar refractivity (Wildman–Crippen MR) is 123 cm³/mol. The molecule has 0 radical (unpaired) electrons. The van der Waals surface area contributed by atoms with E-state index < -0.39 is 5.92 Å². The molecule has 0 aliphatic carbocycles. The fourth-order valence-electron chi connectivity index (χ4n) is 3.68. The fourth-order valence-corrected chi connectivity index (χ4v) is 4.18. The highest BCUT2D eigenvalue weighted by molar-refractivity contribution is 9.10. The van der Waals surface area contributed by atoms with Gasteiger partial charge in [0.05, 0.1) is 30.9 Å². The van der Waals surface area contributed by atoms with Crippen LogP contribution in [0, 0.1) is 5.92 Å². The van der Waals surface area contributed by atoms with Gasteiger partial charge in [0.2, 0.25) is 17.7 Å². The van der Waals surface area contributed by atoms with Crippen LogP contribution in [0.1, 0.15) is 19.8 Å². The van der Waals surface area contributed by atoms with Crippen LogP contribution < -0.4 is 15.0 Å². The summed E-state index contributed by atoms with van der Waals surface area (Å²) in [6.45, 7) is 2.61. The van der Waals surface area contributed by atoms with Gasteiger partial charge in [-0.05, 0) is 46.6 Å². The lowest BCUT2D eigenvalue weighted by molar-refractivity contribution is -0.138. The van der Waals surface area contributed by atoms with Gasteiger partial charge in [0.25, 0.3) is 0 Å². The summed E-state index contributed by atoms with van der Waals surface area (Å²) in [6, 6.07) is 14.6. The monoisotopic (exact) mass is 487 g/mol. The second-order valence-electron chi connectivity index (χ2n) is 7.37. The van der Waals surface area contributed by atoms with Crippen LogP contribution in [-0.2, 0) is 14.4 Å². The summed E-state index contributed by atoms with van der Waals surface area (Å²) in [5, 5.41) is 2.81. The van der Waals surface area contributed by atoms with E-state index in [1.165, 1.54) is 12.0 Å². The van der Waals surface area contributed by atoms with Gasteiger partial charge in [-0.3, -0.25) is 14.4 Å². The van der Waals surface area contributed by atoms with Gasteiger partial charge in [-0.2, -0.15) is 0 Å². The highest BCUT2D eigenvalue weighted by Crippen LogP contribution is 2.32. The van der Waals surface area contributed by atoms with Crippen molar-refractivity contribution in [2.24, 2.45) is 5.92 Å². The molecule has 0 aromatic heterocycles. The van der Waals surface area contributed by atoms with Gasteiger partial charge in [0.15, 0.2) is 0 Å². The smallest absolute Gasteiger partial charge is 0.244 e. The maximum Gasteiger partial charge on any atom is 0.244 e. The summed E-state index contributed by atoms with van der Waals surface area (Å²) in [7, 11) is 1.53. The molecule has 8 heteroatoms. The lowest BCUT2D eigenvalue weighted by atomic mass is 10.1. The lowest BCUT2D eigenvalue weighted by Crippen LogP contribution is -2.42. The summed E-state index contributed by atoms with van der Waals surface area (Å²) in [6.07, 6.45) is 0.844. The molecule has 164 valence electrons. The highest BCUT2D eigenvalue weighted by atomic mass is 79.9. The Morgan fingerprint density at radius 1 is 1.19 bits per heavy atom. The molecular weight excluding hydrogens is 462 g/mol. The van der Waals surface area contributed by atoms with Crippen LogP contribution >= 0.6 is 15.9 Å².